The van der Waals surface area contributed by atoms with Crippen molar-refractivity contribution in [2.75, 3.05) is 5.06 Å². The number of anilines is 1. The normalized spacial score (nSPS) is 11.3. The van der Waals surface area contributed by atoms with E-state index < -0.39 is 16.1 Å². The number of carbonyl (C=O) groups excluding carboxylic acids is 1. The van der Waals surface area contributed by atoms with E-state index in [4.69, 9.17) is 15.3 Å². The second-order valence-electron chi connectivity index (χ2n) is 6.80. The molecule has 0 aliphatic carbocycles. The van der Waals surface area contributed by atoms with Gasteiger partial charge in [-0.25, -0.2) is 23.3 Å². The number of amides is 2. The number of primary sulfonamides is 1. The molecule has 162 valence electrons. The SMILES string of the molecule is NC(=O)N(O)c1cccc(-c2nc(-c3ccccc3S(N)(=O)=O)c(-c3ccccc3)o2)c1. The number of hydrogen-bond donors (Lipinski definition) is 3. The minimum atomic E-state index is -4.04. The van der Waals surface area contributed by atoms with Crippen molar-refractivity contribution in [3.05, 3.63) is 78.9 Å². The van der Waals surface area contributed by atoms with Crippen LogP contribution in [0, 0.1) is 0 Å². The molecule has 1 aromatic heterocycles. The largest absolute Gasteiger partial charge is 0.435 e. The van der Waals surface area contributed by atoms with Gasteiger partial charge < -0.3 is 10.2 Å². The molecule has 0 unspecified atom stereocenters. The van der Waals surface area contributed by atoms with E-state index in [0.29, 0.717) is 22.0 Å². The molecule has 0 saturated carbocycles. The molecule has 4 aromatic rings. The van der Waals surface area contributed by atoms with Crippen LogP contribution in [0.2, 0.25) is 0 Å². The molecule has 3 aromatic carbocycles. The zero-order valence-electron chi connectivity index (χ0n) is 16.5. The van der Waals surface area contributed by atoms with Crippen molar-refractivity contribution in [2.45, 2.75) is 4.90 Å². The van der Waals surface area contributed by atoms with Crippen molar-refractivity contribution in [3.8, 4) is 34.0 Å². The Morgan fingerprint density at radius 3 is 2.28 bits per heavy atom. The summed E-state index contributed by atoms with van der Waals surface area (Å²) < 4.78 is 30.4. The highest BCUT2D eigenvalue weighted by atomic mass is 32.2. The first kappa shape index (κ1) is 21.2. The van der Waals surface area contributed by atoms with E-state index in [1.54, 1.807) is 42.5 Å². The lowest BCUT2D eigenvalue weighted by Crippen LogP contribution is -2.32. The van der Waals surface area contributed by atoms with Crippen LogP contribution < -0.4 is 15.9 Å². The second-order valence-corrected chi connectivity index (χ2v) is 8.33. The third-order valence-corrected chi connectivity index (χ3v) is 5.63. The van der Waals surface area contributed by atoms with Gasteiger partial charge in [0.05, 0.1) is 10.6 Å². The highest BCUT2D eigenvalue weighted by Crippen LogP contribution is 2.38. The van der Waals surface area contributed by atoms with Crippen LogP contribution in [0.1, 0.15) is 0 Å². The molecule has 4 rings (SSSR count). The van der Waals surface area contributed by atoms with Crippen LogP contribution in [0.5, 0.6) is 0 Å². The summed E-state index contributed by atoms with van der Waals surface area (Å²) in [6.07, 6.45) is 0. The topological polar surface area (TPSA) is 153 Å². The Bertz CT molecular complexity index is 1400. The van der Waals surface area contributed by atoms with Gasteiger partial charge in [-0.3, -0.25) is 5.21 Å². The van der Waals surface area contributed by atoms with Crippen LogP contribution in [0.25, 0.3) is 34.0 Å². The van der Waals surface area contributed by atoms with Gasteiger partial charge >= 0.3 is 6.03 Å². The highest BCUT2D eigenvalue weighted by Gasteiger charge is 2.24. The summed E-state index contributed by atoms with van der Waals surface area (Å²) in [6, 6.07) is 20.4. The molecule has 0 aliphatic heterocycles. The lowest BCUT2D eigenvalue weighted by Gasteiger charge is -2.12. The maximum atomic E-state index is 12.2. The molecule has 0 spiro atoms. The van der Waals surface area contributed by atoms with Gasteiger partial charge in [0.1, 0.15) is 5.69 Å². The number of primary amides is 1. The predicted molar refractivity (Wildman–Crippen MR) is 118 cm³/mol. The smallest absolute Gasteiger partial charge is 0.343 e. The zero-order chi connectivity index (χ0) is 22.9. The van der Waals surface area contributed by atoms with Crippen molar-refractivity contribution < 1.29 is 22.8 Å². The van der Waals surface area contributed by atoms with E-state index in [9.17, 15) is 18.4 Å². The van der Waals surface area contributed by atoms with Gasteiger partial charge in [-0.2, -0.15) is 5.06 Å². The van der Waals surface area contributed by atoms with Gasteiger partial charge in [0.25, 0.3) is 0 Å². The number of hydroxylamine groups is 1. The summed E-state index contributed by atoms with van der Waals surface area (Å²) in [5.41, 5.74) is 6.89. The van der Waals surface area contributed by atoms with Crippen LogP contribution in [0.3, 0.4) is 0 Å². The number of aromatic nitrogens is 1. The molecule has 32 heavy (non-hydrogen) atoms. The number of carbonyl (C=O) groups is 1. The van der Waals surface area contributed by atoms with Gasteiger partial charge in [-0.1, -0.05) is 54.6 Å². The third-order valence-electron chi connectivity index (χ3n) is 4.66. The number of nitrogens with zero attached hydrogens (tertiary/aromatic N) is 2. The van der Waals surface area contributed by atoms with Gasteiger partial charge in [0, 0.05) is 16.7 Å². The average molecular weight is 450 g/mol. The molecule has 0 bridgehead atoms. The maximum Gasteiger partial charge on any atom is 0.343 e. The lowest BCUT2D eigenvalue weighted by atomic mass is 10.1. The summed E-state index contributed by atoms with van der Waals surface area (Å²) in [7, 11) is -4.04. The number of hydrogen-bond acceptors (Lipinski definition) is 6. The molecular formula is C22H18N4O5S. The predicted octanol–water partition coefficient (Wildman–Crippen LogP) is 3.60. The first-order valence-corrected chi connectivity index (χ1v) is 10.9. The van der Waals surface area contributed by atoms with Crippen molar-refractivity contribution in [1.29, 1.82) is 0 Å². The van der Waals surface area contributed by atoms with E-state index in [1.165, 1.54) is 18.2 Å². The fourth-order valence-corrected chi connectivity index (χ4v) is 3.96. The molecule has 1 heterocycles. The van der Waals surface area contributed by atoms with Crippen molar-refractivity contribution in [3.63, 3.8) is 0 Å². The first-order chi connectivity index (χ1) is 15.3. The van der Waals surface area contributed by atoms with Crippen LogP contribution >= 0.6 is 0 Å². The maximum absolute atomic E-state index is 12.2. The summed E-state index contributed by atoms with van der Waals surface area (Å²) in [4.78, 5) is 15.7. The van der Waals surface area contributed by atoms with Crippen LogP contribution in [0.4, 0.5) is 10.5 Å². The molecule has 0 radical (unpaired) electrons. The van der Waals surface area contributed by atoms with E-state index >= 15 is 0 Å². The number of oxazole rings is 1. The number of nitrogens with two attached hydrogens (primary N) is 2. The molecule has 0 aliphatic rings. The lowest BCUT2D eigenvalue weighted by molar-refractivity contribution is 0.212. The van der Waals surface area contributed by atoms with Gasteiger partial charge in [0.15, 0.2) is 5.76 Å². The van der Waals surface area contributed by atoms with Crippen LogP contribution in [0.15, 0.2) is 88.2 Å². The van der Waals surface area contributed by atoms with E-state index in [-0.39, 0.29) is 27.7 Å². The molecule has 5 N–H and O–H groups in total. The van der Waals surface area contributed by atoms with Gasteiger partial charge in [-0.05, 0) is 24.3 Å². The van der Waals surface area contributed by atoms with Crippen molar-refractivity contribution in [1.82, 2.24) is 4.98 Å². The average Bonchev–Trinajstić information content (AvgIpc) is 3.24. The number of urea groups is 1. The summed E-state index contributed by atoms with van der Waals surface area (Å²) in [5, 5.41) is 15.6. The Kier molecular flexibility index (Phi) is 5.49. The number of benzene rings is 3. The molecular weight excluding hydrogens is 432 g/mol. The van der Waals surface area contributed by atoms with E-state index in [2.05, 4.69) is 4.98 Å². The monoisotopic (exact) mass is 450 g/mol. The Labute approximate surface area is 183 Å². The van der Waals surface area contributed by atoms with E-state index in [1.807, 2.05) is 18.2 Å². The fraction of sp³-hybridized carbons (Fsp3) is 0. The van der Waals surface area contributed by atoms with Gasteiger partial charge in [0.2, 0.25) is 15.9 Å². The quantitative estimate of drug-likeness (QED) is 0.312. The van der Waals surface area contributed by atoms with Gasteiger partial charge in [-0.15, -0.1) is 0 Å². The molecule has 0 atom stereocenters. The summed E-state index contributed by atoms with van der Waals surface area (Å²) >= 11 is 0. The Morgan fingerprint density at radius 2 is 1.59 bits per heavy atom. The molecule has 2 amide bonds. The molecule has 0 fully saturated rings. The fourth-order valence-electron chi connectivity index (χ4n) is 3.22. The summed E-state index contributed by atoms with van der Waals surface area (Å²) in [6.45, 7) is 0. The van der Waals surface area contributed by atoms with Crippen LogP contribution in [-0.4, -0.2) is 24.6 Å². The third kappa shape index (κ3) is 4.10. The minimum Gasteiger partial charge on any atom is -0.435 e. The second kappa shape index (κ2) is 8.27. The van der Waals surface area contributed by atoms with Crippen LogP contribution in [-0.2, 0) is 10.0 Å². The Morgan fingerprint density at radius 1 is 0.938 bits per heavy atom. The standard InChI is InChI=1S/C22H18N4O5S/c23-22(27)26(28)16-10-6-9-15(13-16)21-25-19(20(31-21)14-7-2-1-3-8-14)17-11-4-5-12-18(17)32(24,29)30/h1-13,28H,(H2,23,27)(H2,24,29,30). The number of sulfonamides is 1. The first-order valence-electron chi connectivity index (χ1n) is 9.33. The zero-order valence-corrected chi connectivity index (χ0v) is 17.4. The minimum absolute atomic E-state index is 0.0963. The molecule has 9 nitrogen and oxygen atoms in total. The Hall–Kier alpha value is -3.99. The van der Waals surface area contributed by atoms with Crippen molar-refractivity contribution >= 4 is 21.7 Å². The molecule has 10 heteroatoms. The molecule has 0 saturated heterocycles. The highest BCUT2D eigenvalue weighted by molar-refractivity contribution is 7.89. The summed E-state index contributed by atoms with van der Waals surface area (Å²) in [5.74, 6) is 0.473. The van der Waals surface area contributed by atoms with Crippen molar-refractivity contribution in [2.24, 2.45) is 10.9 Å². The number of rotatable bonds is 5. The Balaban J connectivity index is 1.94. The van der Waals surface area contributed by atoms with E-state index in [0.717, 1.165) is 0 Å².